The maximum Gasteiger partial charge on any atom is 0.416 e. The van der Waals surface area contributed by atoms with E-state index in [1.54, 1.807) is 18.2 Å². The quantitative estimate of drug-likeness (QED) is 0.619. The predicted molar refractivity (Wildman–Crippen MR) is 93.1 cm³/mol. The number of hydrogen-bond donors (Lipinski definition) is 2. The molecule has 0 saturated carbocycles. The van der Waals surface area contributed by atoms with Crippen molar-refractivity contribution >= 4 is 17.8 Å². The number of nitrogens with one attached hydrogen (secondary N) is 2. The Morgan fingerprint density at radius 3 is 2.67 bits per heavy atom. The standard InChI is InChI=1S/C18H16F3N3O3/c19-18(20,21)13-2-1-3-14(9-13)22-11-17(25)24-23-10-12-4-5-15-16(8-12)27-7-6-26-15/h1-5,8-10,22H,6-7,11H2,(H,24,25). The summed E-state index contributed by atoms with van der Waals surface area (Å²) >= 11 is 0. The monoisotopic (exact) mass is 379 g/mol. The van der Waals surface area contributed by atoms with Crippen molar-refractivity contribution < 1.29 is 27.4 Å². The molecular weight excluding hydrogens is 363 g/mol. The summed E-state index contributed by atoms with van der Waals surface area (Å²) in [5, 5.41) is 6.44. The Kier molecular flexibility index (Phi) is 5.49. The summed E-state index contributed by atoms with van der Waals surface area (Å²) < 4.78 is 48.8. The van der Waals surface area contributed by atoms with Gasteiger partial charge in [-0.15, -0.1) is 0 Å². The van der Waals surface area contributed by atoms with Crippen molar-refractivity contribution in [3.8, 4) is 11.5 Å². The first-order valence-corrected chi connectivity index (χ1v) is 8.04. The van der Waals surface area contributed by atoms with Crippen molar-refractivity contribution in [2.45, 2.75) is 6.18 Å². The van der Waals surface area contributed by atoms with Crippen LogP contribution in [-0.4, -0.2) is 31.9 Å². The summed E-state index contributed by atoms with van der Waals surface area (Å²) in [6.45, 7) is 0.737. The lowest BCUT2D eigenvalue weighted by Gasteiger charge is -2.18. The molecule has 0 unspecified atom stereocenters. The van der Waals surface area contributed by atoms with Crippen molar-refractivity contribution in [3.05, 3.63) is 53.6 Å². The number of benzene rings is 2. The van der Waals surface area contributed by atoms with Crippen molar-refractivity contribution in [1.29, 1.82) is 0 Å². The molecule has 1 heterocycles. The molecule has 0 bridgehead atoms. The van der Waals surface area contributed by atoms with Gasteiger partial charge in [0.1, 0.15) is 13.2 Å². The van der Waals surface area contributed by atoms with Crippen molar-refractivity contribution in [3.63, 3.8) is 0 Å². The van der Waals surface area contributed by atoms with Gasteiger partial charge in [-0.1, -0.05) is 6.07 Å². The fourth-order valence-electron chi connectivity index (χ4n) is 2.35. The normalized spacial score (nSPS) is 13.4. The van der Waals surface area contributed by atoms with E-state index in [4.69, 9.17) is 9.47 Å². The summed E-state index contributed by atoms with van der Waals surface area (Å²) in [5.74, 6) is 0.747. The van der Waals surface area contributed by atoms with E-state index in [9.17, 15) is 18.0 Å². The highest BCUT2D eigenvalue weighted by atomic mass is 19.4. The average molecular weight is 379 g/mol. The maximum atomic E-state index is 12.7. The summed E-state index contributed by atoms with van der Waals surface area (Å²) in [4.78, 5) is 11.8. The SMILES string of the molecule is O=C(CNc1cccc(C(F)(F)F)c1)NN=Cc1ccc2c(c1)OCCO2. The second-order valence-electron chi connectivity index (χ2n) is 5.63. The number of ether oxygens (including phenoxy) is 2. The molecule has 27 heavy (non-hydrogen) atoms. The molecule has 2 N–H and O–H groups in total. The van der Waals surface area contributed by atoms with Gasteiger partial charge in [0, 0.05) is 5.69 Å². The molecule has 3 rings (SSSR count). The first-order chi connectivity index (χ1) is 12.9. The van der Waals surface area contributed by atoms with Crippen LogP contribution in [0.2, 0.25) is 0 Å². The van der Waals surface area contributed by atoms with E-state index in [-0.39, 0.29) is 12.2 Å². The Hall–Kier alpha value is -3.23. The lowest BCUT2D eigenvalue weighted by Crippen LogP contribution is -2.26. The number of rotatable bonds is 5. The third-order valence-electron chi connectivity index (χ3n) is 3.61. The third-order valence-corrected chi connectivity index (χ3v) is 3.61. The van der Waals surface area contributed by atoms with Crippen LogP contribution >= 0.6 is 0 Å². The predicted octanol–water partition coefficient (Wildman–Crippen LogP) is 3.04. The van der Waals surface area contributed by atoms with Crippen LogP contribution in [0.25, 0.3) is 0 Å². The fraction of sp³-hybridized carbons (Fsp3) is 0.222. The van der Waals surface area contributed by atoms with Crippen LogP contribution in [0.4, 0.5) is 18.9 Å². The molecule has 0 aromatic heterocycles. The Bertz CT molecular complexity index is 853. The summed E-state index contributed by atoms with van der Waals surface area (Å²) in [5.41, 5.74) is 2.40. The molecule has 1 aliphatic heterocycles. The molecule has 1 aliphatic rings. The van der Waals surface area contributed by atoms with E-state index in [0.717, 1.165) is 12.1 Å². The molecule has 2 aromatic carbocycles. The zero-order valence-corrected chi connectivity index (χ0v) is 14.0. The Morgan fingerprint density at radius 2 is 1.89 bits per heavy atom. The molecule has 0 saturated heterocycles. The van der Waals surface area contributed by atoms with Gasteiger partial charge in [-0.25, -0.2) is 5.43 Å². The molecule has 9 heteroatoms. The Morgan fingerprint density at radius 1 is 1.11 bits per heavy atom. The van der Waals surface area contributed by atoms with Crippen LogP contribution in [0.1, 0.15) is 11.1 Å². The van der Waals surface area contributed by atoms with E-state index < -0.39 is 17.6 Å². The van der Waals surface area contributed by atoms with E-state index in [0.29, 0.717) is 30.3 Å². The Labute approximate surface area is 153 Å². The Balaban J connectivity index is 1.51. The van der Waals surface area contributed by atoms with Crippen LogP contribution in [0, 0.1) is 0 Å². The highest BCUT2D eigenvalue weighted by Gasteiger charge is 2.30. The number of alkyl halides is 3. The number of hydrogen-bond acceptors (Lipinski definition) is 5. The minimum absolute atomic E-state index is 0.191. The van der Waals surface area contributed by atoms with Gasteiger partial charge < -0.3 is 14.8 Å². The summed E-state index contributed by atoms with van der Waals surface area (Å²) in [7, 11) is 0. The third kappa shape index (κ3) is 5.13. The molecular formula is C18H16F3N3O3. The van der Waals surface area contributed by atoms with Crippen molar-refractivity contribution in [1.82, 2.24) is 5.43 Å². The molecule has 0 aliphatic carbocycles. The van der Waals surface area contributed by atoms with Gasteiger partial charge in [0.25, 0.3) is 5.91 Å². The lowest BCUT2D eigenvalue weighted by atomic mass is 10.2. The highest BCUT2D eigenvalue weighted by Crippen LogP contribution is 2.31. The first kappa shape index (κ1) is 18.6. The van der Waals surface area contributed by atoms with E-state index in [2.05, 4.69) is 15.8 Å². The number of hydrazone groups is 1. The van der Waals surface area contributed by atoms with Crippen LogP contribution in [0.3, 0.4) is 0 Å². The lowest BCUT2D eigenvalue weighted by molar-refractivity contribution is -0.137. The molecule has 0 spiro atoms. The van der Waals surface area contributed by atoms with Gasteiger partial charge in [0.2, 0.25) is 0 Å². The average Bonchev–Trinajstić information content (AvgIpc) is 2.66. The minimum atomic E-state index is -4.44. The first-order valence-electron chi connectivity index (χ1n) is 8.04. The molecule has 0 fully saturated rings. The topological polar surface area (TPSA) is 72.0 Å². The number of carbonyl (C=O) groups is 1. The molecule has 6 nitrogen and oxygen atoms in total. The maximum absolute atomic E-state index is 12.7. The smallest absolute Gasteiger partial charge is 0.416 e. The number of fused-ring (bicyclic) bond motifs is 1. The molecule has 142 valence electrons. The largest absolute Gasteiger partial charge is 0.486 e. The molecule has 1 amide bonds. The van der Waals surface area contributed by atoms with Gasteiger partial charge >= 0.3 is 6.18 Å². The number of anilines is 1. The van der Waals surface area contributed by atoms with Crippen molar-refractivity contribution in [2.24, 2.45) is 5.10 Å². The van der Waals surface area contributed by atoms with Gasteiger partial charge in [-0.2, -0.15) is 18.3 Å². The van der Waals surface area contributed by atoms with Gasteiger partial charge in [-0.05, 0) is 42.0 Å². The van der Waals surface area contributed by atoms with Gasteiger partial charge in [0.15, 0.2) is 11.5 Å². The van der Waals surface area contributed by atoms with E-state index in [1.165, 1.54) is 18.3 Å². The summed E-state index contributed by atoms with van der Waals surface area (Å²) in [6, 6.07) is 9.83. The van der Waals surface area contributed by atoms with Crippen LogP contribution in [0.5, 0.6) is 11.5 Å². The molecule has 2 aromatic rings. The number of amides is 1. The second-order valence-corrected chi connectivity index (χ2v) is 5.63. The zero-order chi connectivity index (χ0) is 19.3. The molecule has 0 atom stereocenters. The van der Waals surface area contributed by atoms with Gasteiger partial charge in [0.05, 0.1) is 18.3 Å². The highest BCUT2D eigenvalue weighted by molar-refractivity contribution is 5.84. The zero-order valence-electron chi connectivity index (χ0n) is 14.0. The second kappa shape index (κ2) is 7.98. The van der Waals surface area contributed by atoms with Crippen LogP contribution in [0.15, 0.2) is 47.6 Å². The fourth-order valence-corrected chi connectivity index (χ4v) is 2.35. The van der Waals surface area contributed by atoms with Gasteiger partial charge in [-0.3, -0.25) is 4.79 Å². The van der Waals surface area contributed by atoms with E-state index >= 15 is 0 Å². The minimum Gasteiger partial charge on any atom is -0.486 e. The number of nitrogens with zero attached hydrogens (tertiary/aromatic N) is 1. The van der Waals surface area contributed by atoms with Crippen molar-refractivity contribution in [2.75, 3.05) is 25.1 Å². The van der Waals surface area contributed by atoms with Crippen LogP contribution < -0.4 is 20.2 Å². The summed E-state index contributed by atoms with van der Waals surface area (Å²) in [6.07, 6.45) is -3.01. The van der Waals surface area contributed by atoms with E-state index in [1.807, 2.05) is 0 Å². The van der Waals surface area contributed by atoms with Crippen LogP contribution in [-0.2, 0) is 11.0 Å². The number of carbonyl (C=O) groups excluding carboxylic acids is 1. The number of halogens is 3. The molecule has 0 radical (unpaired) electrons.